The van der Waals surface area contributed by atoms with Gasteiger partial charge in [-0.2, -0.15) is 0 Å². The van der Waals surface area contributed by atoms with Crippen molar-refractivity contribution in [3.05, 3.63) is 131 Å². The van der Waals surface area contributed by atoms with Gasteiger partial charge in [0.05, 0.1) is 6.54 Å². The van der Waals surface area contributed by atoms with E-state index in [2.05, 4.69) is 102 Å². The molecule has 2 aliphatic carbocycles. The predicted octanol–water partition coefficient (Wildman–Crippen LogP) is 8.21. The van der Waals surface area contributed by atoms with Crippen LogP contribution in [0.3, 0.4) is 0 Å². The molecule has 0 radical (unpaired) electrons. The smallest absolute Gasteiger partial charge is 0.138 e. The summed E-state index contributed by atoms with van der Waals surface area (Å²) >= 11 is 0. The van der Waals surface area contributed by atoms with Crippen molar-refractivity contribution in [2.24, 2.45) is 0 Å². The number of hydrogen-bond acceptors (Lipinski definition) is 3. The largest absolute Gasteiger partial charge is 0.508 e. The van der Waals surface area contributed by atoms with Crippen molar-refractivity contribution in [2.75, 3.05) is 26.2 Å². The molecule has 0 spiro atoms. The van der Waals surface area contributed by atoms with Crippen molar-refractivity contribution >= 4 is 23.5 Å². The summed E-state index contributed by atoms with van der Waals surface area (Å²) in [5.41, 5.74) is 7.98. The average Bonchev–Trinajstić information content (AvgIpc) is 3.64. The number of nitrogens with zero attached hydrogens (tertiary/aromatic N) is 2. The lowest BCUT2D eigenvalue weighted by atomic mass is 9.90. The zero-order valence-electron chi connectivity index (χ0n) is 24.0. The van der Waals surface area contributed by atoms with Crippen molar-refractivity contribution in [1.82, 2.24) is 9.38 Å². The summed E-state index contributed by atoms with van der Waals surface area (Å²) in [6, 6.07) is 33.5. The maximum absolute atomic E-state index is 10.2. The molecule has 1 aliphatic heterocycles. The van der Waals surface area contributed by atoms with Crippen LogP contribution in [0, 0.1) is 0 Å². The molecule has 7 rings (SSSR count). The Bertz CT molecular complexity index is 1560. The van der Waals surface area contributed by atoms with E-state index in [0.717, 1.165) is 49.9 Å². The first-order chi connectivity index (χ1) is 20.6. The fourth-order valence-corrected chi connectivity index (χ4v) is 7.64. The molecule has 3 unspecified atom stereocenters. The zero-order chi connectivity index (χ0) is 28.5. The van der Waals surface area contributed by atoms with Crippen molar-refractivity contribution in [3.63, 3.8) is 0 Å². The number of aromatic hydroxyl groups is 2. The van der Waals surface area contributed by atoms with Crippen molar-refractivity contribution < 1.29 is 10.2 Å². The summed E-state index contributed by atoms with van der Waals surface area (Å²) in [7, 11) is 0. The van der Waals surface area contributed by atoms with Crippen LogP contribution in [-0.2, 0) is 0 Å². The Morgan fingerprint density at radius 1 is 0.619 bits per heavy atom. The van der Waals surface area contributed by atoms with Gasteiger partial charge in [0.15, 0.2) is 0 Å². The van der Waals surface area contributed by atoms with Crippen LogP contribution in [0.2, 0.25) is 0 Å². The quantitative estimate of drug-likeness (QED) is 0.215. The molecule has 1 heterocycles. The van der Waals surface area contributed by atoms with Gasteiger partial charge in [-0.3, -0.25) is 9.38 Å². The van der Waals surface area contributed by atoms with E-state index in [0.29, 0.717) is 17.9 Å². The summed E-state index contributed by atoms with van der Waals surface area (Å²) in [5, 5.41) is 20.4. The van der Waals surface area contributed by atoms with Gasteiger partial charge in [-0.25, -0.2) is 0 Å². The third-order valence-corrected chi connectivity index (χ3v) is 9.86. The highest BCUT2D eigenvalue weighted by Crippen LogP contribution is 2.44. The molecule has 1 saturated heterocycles. The molecule has 4 heteroatoms. The number of piperazine rings is 1. The summed E-state index contributed by atoms with van der Waals surface area (Å²) in [4.78, 5) is 2.68. The number of phenolic OH excluding ortho intramolecular Hbond substituents is 2. The molecule has 42 heavy (non-hydrogen) atoms. The molecule has 4 aromatic carbocycles. The highest BCUT2D eigenvalue weighted by Gasteiger charge is 2.46. The highest BCUT2D eigenvalue weighted by molar-refractivity contribution is 5.64. The second kappa shape index (κ2) is 11.3. The Morgan fingerprint density at radius 3 is 1.71 bits per heavy atom. The Hall–Kier alpha value is -4.12. The molecular weight excluding hydrogens is 516 g/mol. The SMILES string of the molecule is Oc1ccc([N+]2(c3ccc(O)cc3)CCN(CCC3C=Cc4ccccc43)CC2CCC2C=Cc3ccccc32)cc1. The van der Waals surface area contributed by atoms with E-state index in [-0.39, 0.29) is 11.5 Å². The van der Waals surface area contributed by atoms with E-state index in [1.54, 1.807) is 0 Å². The molecule has 0 saturated carbocycles. The van der Waals surface area contributed by atoms with Gasteiger partial charge in [-0.15, -0.1) is 0 Å². The number of fused-ring (bicyclic) bond motifs is 2. The number of phenols is 2. The van der Waals surface area contributed by atoms with Crippen LogP contribution < -0.4 is 4.48 Å². The molecule has 1 fully saturated rings. The van der Waals surface area contributed by atoms with Crippen LogP contribution in [0.1, 0.15) is 53.4 Å². The fourth-order valence-electron chi connectivity index (χ4n) is 7.64. The lowest BCUT2D eigenvalue weighted by Gasteiger charge is -2.50. The van der Waals surface area contributed by atoms with Crippen LogP contribution >= 0.6 is 0 Å². The Balaban J connectivity index is 1.19. The highest BCUT2D eigenvalue weighted by atomic mass is 16.3. The van der Waals surface area contributed by atoms with Crippen molar-refractivity contribution in [3.8, 4) is 11.5 Å². The third kappa shape index (κ3) is 4.95. The summed E-state index contributed by atoms with van der Waals surface area (Å²) < 4.78 is 0.724. The Labute approximate surface area is 249 Å². The van der Waals surface area contributed by atoms with Gasteiger partial charge >= 0.3 is 0 Å². The molecule has 2 N–H and O–H groups in total. The molecule has 0 bridgehead atoms. The first-order valence-corrected chi connectivity index (χ1v) is 15.3. The fraction of sp³-hybridized carbons (Fsp3) is 0.263. The predicted molar refractivity (Wildman–Crippen MR) is 173 cm³/mol. The van der Waals surface area contributed by atoms with Crippen molar-refractivity contribution in [2.45, 2.75) is 37.1 Å². The maximum atomic E-state index is 10.2. The van der Waals surface area contributed by atoms with E-state index in [1.165, 1.54) is 33.6 Å². The van der Waals surface area contributed by atoms with E-state index in [4.69, 9.17) is 0 Å². The van der Waals surface area contributed by atoms with Gasteiger partial charge in [0.1, 0.15) is 35.5 Å². The first-order valence-electron chi connectivity index (χ1n) is 15.3. The Morgan fingerprint density at radius 2 is 1.14 bits per heavy atom. The first kappa shape index (κ1) is 26.8. The minimum absolute atomic E-state index is 0.287. The second-order valence-electron chi connectivity index (χ2n) is 12.1. The average molecular weight is 556 g/mol. The summed E-state index contributed by atoms with van der Waals surface area (Å²) in [6.45, 7) is 3.99. The standard InChI is InChI=1S/C38H38N2O2/c41-35-19-15-32(16-20-35)40(33-17-21-36(42)22-18-33)26-25-39(24-23-31-12-10-29-6-2-4-8-38(29)31)27-34(40)14-13-30-11-9-28-5-1-3-7-37(28)30/h1-12,15-22,30-31,34H,13-14,23-27H2,(H-,41,42)/p+1. The molecule has 212 valence electrons. The van der Waals surface area contributed by atoms with Crippen LogP contribution in [-0.4, -0.2) is 47.3 Å². The molecule has 0 aromatic heterocycles. The summed E-state index contributed by atoms with van der Waals surface area (Å²) in [6.07, 6.45) is 12.6. The minimum Gasteiger partial charge on any atom is -0.508 e. The van der Waals surface area contributed by atoms with Gasteiger partial charge < -0.3 is 10.2 Å². The van der Waals surface area contributed by atoms with Gasteiger partial charge in [0.2, 0.25) is 0 Å². The maximum Gasteiger partial charge on any atom is 0.138 e. The van der Waals surface area contributed by atoms with Crippen molar-refractivity contribution in [1.29, 1.82) is 0 Å². The molecule has 0 amide bonds. The van der Waals surface area contributed by atoms with Crippen LogP contribution in [0.15, 0.2) is 109 Å². The van der Waals surface area contributed by atoms with Gasteiger partial charge in [-0.05, 0) is 65.9 Å². The van der Waals surface area contributed by atoms with Crippen LogP contribution in [0.5, 0.6) is 11.5 Å². The van der Waals surface area contributed by atoms with E-state index < -0.39 is 0 Å². The number of rotatable bonds is 8. The molecule has 3 atom stereocenters. The monoisotopic (exact) mass is 555 g/mol. The van der Waals surface area contributed by atoms with Crippen LogP contribution in [0.25, 0.3) is 12.2 Å². The normalized spacial score (nSPS) is 22.2. The second-order valence-corrected chi connectivity index (χ2v) is 12.1. The van der Waals surface area contributed by atoms with Gasteiger partial charge in [0, 0.05) is 49.1 Å². The minimum atomic E-state index is 0.287. The van der Waals surface area contributed by atoms with E-state index in [9.17, 15) is 10.2 Å². The number of hydrogen-bond donors (Lipinski definition) is 2. The van der Waals surface area contributed by atoms with Gasteiger partial charge in [-0.1, -0.05) is 72.8 Å². The summed E-state index contributed by atoms with van der Waals surface area (Å²) in [5.74, 6) is 1.49. The van der Waals surface area contributed by atoms with E-state index in [1.807, 2.05) is 24.3 Å². The molecule has 4 nitrogen and oxygen atoms in total. The van der Waals surface area contributed by atoms with Crippen LogP contribution in [0.4, 0.5) is 11.4 Å². The number of benzene rings is 4. The molecule has 4 aromatic rings. The zero-order valence-corrected chi connectivity index (χ0v) is 24.0. The Kier molecular flexibility index (Phi) is 7.19. The molecule has 3 aliphatic rings. The lowest BCUT2D eigenvalue weighted by Crippen LogP contribution is -2.64. The molecular formula is C38H39N2O2+. The lowest BCUT2D eigenvalue weighted by molar-refractivity contribution is 0.110. The number of quaternary nitrogens is 1. The van der Waals surface area contributed by atoms with E-state index >= 15 is 0 Å². The third-order valence-electron chi connectivity index (χ3n) is 9.86. The topological polar surface area (TPSA) is 43.7 Å². The van der Waals surface area contributed by atoms with Gasteiger partial charge in [0.25, 0.3) is 0 Å². The number of allylic oxidation sites excluding steroid dienone is 2.